The van der Waals surface area contributed by atoms with Crippen molar-refractivity contribution in [2.45, 2.75) is 0 Å². The summed E-state index contributed by atoms with van der Waals surface area (Å²) in [4.78, 5) is 14.7. The van der Waals surface area contributed by atoms with Crippen LogP contribution in [-0.4, -0.2) is 19.9 Å². The molecule has 0 saturated carbocycles. The Morgan fingerprint density at radius 2 is 2.16 bits per heavy atom. The number of nitrogens with two attached hydrogens (primary N) is 1. The van der Waals surface area contributed by atoms with Crippen molar-refractivity contribution in [1.29, 1.82) is 0 Å². The van der Waals surface area contributed by atoms with Gasteiger partial charge >= 0.3 is 0 Å². The Balaban J connectivity index is 2.10. The number of anilines is 1. The predicted octanol–water partition coefficient (Wildman–Crippen LogP) is 2.63. The van der Waals surface area contributed by atoms with Crippen molar-refractivity contribution in [2.75, 3.05) is 5.73 Å². The number of rotatable bonds is 2. The monoisotopic (exact) mass is 323 g/mol. The molecule has 2 aromatic heterocycles. The van der Waals surface area contributed by atoms with E-state index in [0.29, 0.717) is 15.6 Å². The van der Waals surface area contributed by atoms with Crippen LogP contribution in [-0.2, 0) is 0 Å². The Labute approximate surface area is 115 Å². The summed E-state index contributed by atoms with van der Waals surface area (Å²) in [7, 11) is 0. The maximum Gasteiger partial charge on any atom is 0.250 e. The lowest BCUT2D eigenvalue weighted by atomic mass is 10.3. The smallest absolute Gasteiger partial charge is 0.250 e. The van der Waals surface area contributed by atoms with Gasteiger partial charge in [0.05, 0.1) is 10.8 Å². The number of halogens is 2. The van der Waals surface area contributed by atoms with E-state index in [1.165, 1.54) is 18.5 Å². The van der Waals surface area contributed by atoms with Gasteiger partial charge in [-0.2, -0.15) is 9.97 Å². The lowest BCUT2D eigenvalue weighted by Crippen LogP contribution is -1.99. The third kappa shape index (κ3) is 2.22. The molecular formula is C11H7BrFN5O. The van der Waals surface area contributed by atoms with Crippen LogP contribution in [0.25, 0.3) is 11.2 Å². The summed E-state index contributed by atoms with van der Waals surface area (Å²) in [5, 5.41) is 0. The Bertz CT molecular complexity index is 760. The van der Waals surface area contributed by atoms with Gasteiger partial charge in [-0.1, -0.05) is 0 Å². The Morgan fingerprint density at radius 3 is 3.00 bits per heavy atom. The van der Waals surface area contributed by atoms with Gasteiger partial charge in [0.15, 0.2) is 5.65 Å². The van der Waals surface area contributed by atoms with E-state index < -0.39 is 5.82 Å². The van der Waals surface area contributed by atoms with Crippen molar-refractivity contribution in [3.63, 3.8) is 0 Å². The number of imidazole rings is 1. The van der Waals surface area contributed by atoms with E-state index >= 15 is 0 Å². The standard InChI is InChI=1S/C11H7BrFN5O/c12-6-2-1-5(13)3-7(6)19-10-8-9(16-4-15-8)17-11(14)18-10/h1-4H,(H3,14,15,16,17,18). The van der Waals surface area contributed by atoms with E-state index in [1.807, 2.05) is 0 Å². The van der Waals surface area contributed by atoms with E-state index in [-0.39, 0.29) is 17.6 Å². The topological polar surface area (TPSA) is 89.7 Å². The fourth-order valence-electron chi connectivity index (χ4n) is 1.56. The summed E-state index contributed by atoms with van der Waals surface area (Å²) in [6.45, 7) is 0. The van der Waals surface area contributed by atoms with Crippen LogP contribution < -0.4 is 10.5 Å². The molecule has 0 aliphatic rings. The van der Waals surface area contributed by atoms with Gasteiger partial charge in [0.25, 0.3) is 5.88 Å². The SMILES string of the molecule is Nc1nc(Oc2cc(F)ccc2Br)c2[nH]cnc2n1. The van der Waals surface area contributed by atoms with Crippen LogP contribution in [0.5, 0.6) is 11.6 Å². The average Bonchev–Trinajstić information content (AvgIpc) is 2.82. The Hall–Kier alpha value is -2.22. The second kappa shape index (κ2) is 4.47. The normalized spacial score (nSPS) is 10.8. The minimum Gasteiger partial charge on any atom is -0.436 e. The van der Waals surface area contributed by atoms with Crippen LogP contribution >= 0.6 is 15.9 Å². The molecule has 0 unspecified atom stereocenters. The molecule has 3 aromatic rings. The zero-order valence-corrected chi connectivity index (χ0v) is 11.0. The van der Waals surface area contributed by atoms with Crippen LogP contribution in [0.4, 0.5) is 10.3 Å². The lowest BCUT2D eigenvalue weighted by Gasteiger charge is -2.07. The van der Waals surface area contributed by atoms with Crippen molar-refractivity contribution in [3.8, 4) is 11.6 Å². The van der Waals surface area contributed by atoms with Gasteiger partial charge in [-0.15, -0.1) is 0 Å². The highest BCUT2D eigenvalue weighted by Gasteiger charge is 2.12. The van der Waals surface area contributed by atoms with E-state index in [0.717, 1.165) is 0 Å². The molecule has 0 aliphatic carbocycles. The second-order valence-corrected chi connectivity index (χ2v) is 4.52. The molecule has 0 spiro atoms. The minimum absolute atomic E-state index is 0.0297. The summed E-state index contributed by atoms with van der Waals surface area (Å²) in [5.74, 6) is 0.0866. The van der Waals surface area contributed by atoms with Crippen molar-refractivity contribution in [3.05, 3.63) is 34.8 Å². The number of aromatic amines is 1. The maximum atomic E-state index is 13.2. The molecule has 96 valence electrons. The number of ether oxygens (including phenoxy) is 1. The molecule has 0 bridgehead atoms. The highest BCUT2D eigenvalue weighted by molar-refractivity contribution is 9.10. The zero-order chi connectivity index (χ0) is 13.4. The molecule has 3 rings (SSSR count). The van der Waals surface area contributed by atoms with Gasteiger partial charge in [0.2, 0.25) is 5.95 Å². The Kier molecular flexibility index (Phi) is 2.79. The summed E-state index contributed by atoms with van der Waals surface area (Å²) >= 11 is 3.27. The van der Waals surface area contributed by atoms with Gasteiger partial charge in [-0.25, -0.2) is 9.37 Å². The minimum atomic E-state index is -0.416. The number of hydrogen-bond donors (Lipinski definition) is 2. The molecule has 19 heavy (non-hydrogen) atoms. The second-order valence-electron chi connectivity index (χ2n) is 3.66. The molecular weight excluding hydrogens is 317 g/mol. The van der Waals surface area contributed by atoms with Crippen LogP contribution in [0.3, 0.4) is 0 Å². The predicted molar refractivity (Wildman–Crippen MR) is 70.3 cm³/mol. The third-order valence-electron chi connectivity index (χ3n) is 2.37. The van der Waals surface area contributed by atoms with Crippen LogP contribution in [0, 0.1) is 5.82 Å². The van der Waals surface area contributed by atoms with E-state index in [1.54, 1.807) is 6.07 Å². The molecule has 0 aliphatic heterocycles. The van der Waals surface area contributed by atoms with Crippen molar-refractivity contribution in [2.24, 2.45) is 0 Å². The highest BCUT2D eigenvalue weighted by Crippen LogP contribution is 2.32. The van der Waals surface area contributed by atoms with Gasteiger partial charge in [-0.05, 0) is 28.1 Å². The fourth-order valence-corrected chi connectivity index (χ4v) is 1.88. The first-order valence-electron chi connectivity index (χ1n) is 5.23. The number of benzene rings is 1. The van der Waals surface area contributed by atoms with Gasteiger partial charge < -0.3 is 15.5 Å². The lowest BCUT2D eigenvalue weighted by molar-refractivity contribution is 0.460. The number of nitrogen functional groups attached to an aromatic ring is 1. The molecule has 2 heterocycles. The molecule has 0 radical (unpaired) electrons. The molecule has 0 atom stereocenters. The number of H-pyrrole nitrogens is 1. The van der Waals surface area contributed by atoms with Crippen LogP contribution in [0.15, 0.2) is 29.0 Å². The molecule has 0 saturated heterocycles. The van der Waals surface area contributed by atoms with Gasteiger partial charge in [-0.3, -0.25) is 0 Å². The largest absolute Gasteiger partial charge is 0.436 e. The number of fused-ring (bicyclic) bond motifs is 1. The number of aromatic nitrogens is 4. The first-order valence-corrected chi connectivity index (χ1v) is 6.02. The first-order chi connectivity index (χ1) is 9.13. The molecule has 1 aromatic carbocycles. The van der Waals surface area contributed by atoms with E-state index in [2.05, 4.69) is 35.9 Å². The molecule has 3 N–H and O–H groups in total. The van der Waals surface area contributed by atoms with E-state index in [4.69, 9.17) is 10.5 Å². The maximum absolute atomic E-state index is 13.2. The summed E-state index contributed by atoms with van der Waals surface area (Å²) in [5.41, 5.74) is 6.44. The van der Waals surface area contributed by atoms with E-state index in [9.17, 15) is 4.39 Å². The van der Waals surface area contributed by atoms with Gasteiger partial charge in [0.1, 0.15) is 17.1 Å². The third-order valence-corrected chi connectivity index (χ3v) is 3.02. The summed E-state index contributed by atoms with van der Waals surface area (Å²) < 4.78 is 19.4. The molecule has 0 amide bonds. The Morgan fingerprint density at radius 1 is 1.32 bits per heavy atom. The molecule has 8 heteroatoms. The zero-order valence-electron chi connectivity index (χ0n) is 9.39. The van der Waals surface area contributed by atoms with Gasteiger partial charge in [0, 0.05) is 6.07 Å². The number of nitrogens with one attached hydrogen (secondary N) is 1. The van der Waals surface area contributed by atoms with Crippen molar-refractivity contribution < 1.29 is 9.13 Å². The summed E-state index contributed by atoms with van der Waals surface area (Å²) in [6.07, 6.45) is 1.45. The average molecular weight is 324 g/mol. The number of nitrogens with zero attached hydrogens (tertiary/aromatic N) is 3. The first kappa shape index (κ1) is 11.8. The van der Waals surface area contributed by atoms with Crippen LogP contribution in [0.2, 0.25) is 0 Å². The van der Waals surface area contributed by atoms with Crippen LogP contribution in [0.1, 0.15) is 0 Å². The number of hydrogen-bond acceptors (Lipinski definition) is 5. The molecule has 0 fully saturated rings. The summed E-state index contributed by atoms with van der Waals surface area (Å²) in [6, 6.07) is 4.10. The molecule has 6 nitrogen and oxygen atoms in total. The van der Waals surface area contributed by atoms with Crippen molar-refractivity contribution >= 4 is 33.0 Å². The highest BCUT2D eigenvalue weighted by atomic mass is 79.9. The quantitative estimate of drug-likeness (QED) is 0.756. The van der Waals surface area contributed by atoms with Crippen molar-refractivity contribution in [1.82, 2.24) is 19.9 Å². The fraction of sp³-hybridized carbons (Fsp3) is 0.